The molecule has 0 saturated heterocycles. The van der Waals surface area contributed by atoms with Gasteiger partial charge in [0.2, 0.25) is 0 Å². The van der Waals surface area contributed by atoms with Gasteiger partial charge in [0.05, 0.1) is 5.41 Å². The number of aryl methyl sites for hydroxylation is 1. The number of ether oxygens (including phenoxy) is 1. The Morgan fingerprint density at radius 2 is 1.36 bits per heavy atom. The predicted octanol–water partition coefficient (Wildman–Crippen LogP) is 5.00. The Balaban J connectivity index is 1.72. The summed E-state index contributed by atoms with van der Waals surface area (Å²) in [7, 11) is 0. The molecular formula is C20H22O2. The Labute approximate surface area is 132 Å². The van der Waals surface area contributed by atoms with Gasteiger partial charge in [-0.05, 0) is 48.9 Å². The highest BCUT2D eigenvalue weighted by Crippen LogP contribution is 2.63. The van der Waals surface area contributed by atoms with Crippen molar-refractivity contribution in [1.82, 2.24) is 0 Å². The first-order chi connectivity index (χ1) is 10.3. The van der Waals surface area contributed by atoms with Crippen molar-refractivity contribution in [2.45, 2.75) is 34.1 Å². The fourth-order valence-corrected chi connectivity index (χ4v) is 2.87. The smallest absolute Gasteiger partial charge is 0.317 e. The van der Waals surface area contributed by atoms with E-state index < -0.39 is 0 Å². The van der Waals surface area contributed by atoms with Crippen LogP contribution < -0.4 is 4.74 Å². The van der Waals surface area contributed by atoms with Gasteiger partial charge in [-0.2, -0.15) is 0 Å². The van der Waals surface area contributed by atoms with Crippen molar-refractivity contribution < 1.29 is 9.53 Å². The van der Waals surface area contributed by atoms with Gasteiger partial charge in [-0.3, -0.25) is 4.79 Å². The maximum Gasteiger partial charge on any atom is 0.317 e. The number of hydrogen-bond donors (Lipinski definition) is 0. The maximum absolute atomic E-state index is 12.3. The van der Waals surface area contributed by atoms with Gasteiger partial charge >= 0.3 is 5.97 Å². The molecule has 0 bridgehead atoms. The Bertz CT molecular complexity index is 695. The molecule has 0 radical (unpaired) electrons. The van der Waals surface area contributed by atoms with Crippen molar-refractivity contribution in [3.8, 4) is 16.9 Å². The maximum atomic E-state index is 12.3. The zero-order valence-electron chi connectivity index (χ0n) is 13.6. The van der Waals surface area contributed by atoms with Crippen LogP contribution in [0, 0.1) is 17.8 Å². The van der Waals surface area contributed by atoms with Crippen LogP contribution in [0.1, 0.15) is 32.8 Å². The number of rotatable bonds is 3. The van der Waals surface area contributed by atoms with Crippen LogP contribution in [0.2, 0.25) is 0 Å². The van der Waals surface area contributed by atoms with E-state index in [4.69, 9.17) is 4.74 Å². The summed E-state index contributed by atoms with van der Waals surface area (Å²) in [4.78, 5) is 12.3. The molecule has 0 spiro atoms. The quantitative estimate of drug-likeness (QED) is 0.588. The summed E-state index contributed by atoms with van der Waals surface area (Å²) in [5.41, 5.74) is 3.24. The molecule has 0 N–H and O–H groups in total. The second kappa shape index (κ2) is 4.98. The van der Waals surface area contributed by atoms with E-state index in [2.05, 4.69) is 45.0 Å². The predicted molar refractivity (Wildman–Crippen MR) is 88.8 cm³/mol. The topological polar surface area (TPSA) is 26.3 Å². The van der Waals surface area contributed by atoms with Gasteiger partial charge < -0.3 is 4.74 Å². The van der Waals surface area contributed by atoms with E-state index in [1.54, 1.807) is 0 Å². The third-order valence-corrected chi connectivity index (χ3v) is 5.06. The third kappa shape index (κ3) is 2.54. The summed E-state index contributed by atoms with van der Waals surface area (Å²) >= 11 is 0. The summed E-state index contributed by atoms with van der Waals surface area (Å²) in [5, 5.41) is 0. The summed E-state index contributed by atoms with van der Waals surface area (Å²) in [5.74, 6) is 0.491. The molecule has 114 valence electrons. The molecule has 1 aliphatic carbocycles. The van der Waals surface area contributed by atoms with Crippen LogP contribution >= 0.6 is 0 Å². The molecule has 22 heavy (non-hydrogen) atoms. The minimum Gasteiger partial charge on any atom is -0.426 e. The zero-order chi connectivity index (χ0) is 16.0. The average molecular weight is 294 g/mol. The number of carbonyl (C=O) groups excluding carboxylic acids is 1. The van der Waals surface area contributed by atoms with Crippen molar-refractivity contribution in [1.29, 1.82) is 0 Å². The van der Waals surface area contributed by atoms with Crippen molar-refractivity contribution in [2.24, 2.45) is 10.8 Å². The highest BCUT2D eigenvalue weighted by Gasteiger charge is 2.63. The fourth-order valence-electron chi connectivity index (χ4n) is 2.87. The van der Waals surface area contributed by atoms with Gasteiger partial charge in [-0.25, -0.2) is 0 Å². The Hall–Kier alpha value is -2.09. The molecule has 0 aromatic heterocycles. The lowest BCUT2D eigenvalue weighted by Crippen LogP contribution is -2.23. The Morgan fingerprint density at radius 1 is 0.909 bits per heavy atom. The third-order valence-electron chi connectivity index (χ3n) is 5.06. The van der Waals surface area contributed by atoms with Gasteiger partial charge in [0.25, 0.3) is 0 Å². The molecular weight excluding hydrogens is 272 g/mol. The van der Waals surface area contributed by atoms with Gasteiger partial charge in [0.1, 0.15) is 5.75 Å². The Kier molecular flexibility index (Phi) is 3.36. The molecule has 1 fully saturated rings. The molecule has 1 atom stereocenters. The largest absolute Gasteiger partial charge is 0.426 e. The molecule has 2 nitrogen and oxygen atoms in total. The van der Waals surface area contributed by atoms with E-state index in [0.29, 0.717) is 5.75 Å². The van der Waals surface area contributed by atoms with Crippen molar-refractivity contribution >= 4 is 5.97 Å². The average Bonchev–Trinajstić information content (AvgIpc) is 3.01. The summed E-state index contributed by atoms with van der Waals surface area (Å²) < 4.78 is 5.55. The number of hydrogen-bond acceptors (Lipinski definition) is 2. The molecule has 1 unspecified atom stereocenters. The van der Waals surface area contributed by atoms with Crippen molar-refractivity contribution in [3.63, 3.8) is 0 Å². The molecule has 0 amide bonds. The lowest BCUT2D eigenvalue weighted by atomic mass is 9.98. The lowest BCUT2D eigenvalue weighted by Gasteiger charge is -2.14. The summed E-state index contributed by atoms with van der Waals surface area (Å²) in [6, 6.07) is 16.1. The summed E-state index contributed by atoms with van der Waals surface area (Å²) in [6.45, 7) is 8.27. The van der Waals surface area contributed by atoms with Crippen molar-refractivity contribution in [2.75, 3.05) is 0 Å². The second-order valence-corrected chi connectivity index (χ2v) is 7.17. The van der Waals surface area contributed by atoms with E-state index in [-0.39, 0.29) is 16.8 Å². The normalized spacial score (nSPS) is 22.2. The van der Waals surface area contributed by atoms with Gasteiger partial charge in [-0.15, -0.1) is 0 Å². The molecule has 0 aliphatic heterocycles. The van der Waals surface area contributed by atoms with E-state index in [9.17, 15) is 4.79 Å². The van der Waals surface area contributed by atoms with Crippen LogP contribution in [-0.4, -0.2) is 5.97 Å². The van der Waals surface area contributed by atoms with E-state index in [1.807, 2.05) is 31.2 Å². The first-order valence-corrected chi connectivity index (χ1v) is 7.71. The minimum atomic E-state index is -0.345. The van der Waals surface area contributed by atoms with E-state index in [1.165, 1.54) is 11.1 Å². The molecule has 1 aliphatic rings. The van der Waals surface area contributed by atoms with E-state index >= 15 is 0 Å². The van der Waals surface area contributed by atoms with Crippen LogP contribution in [0.5, 0.6) is 5.75 Å². The Morgan fingerprint density at radius 3 is 1.82 bits per heavy atom. The van der Waals surface area contributed by atoms with Crippen LogP contribution in [0.25, 0.3) is 11.1 Å². The first-order valence-electron chi connectivity index (χ1n) is 7.71. The van der Waals surface area contributed by atoms with Gasteiger partial charge in [-0.1, -0.05) is 55.8 Å². The summed E-state index contributed by atoms with van der Waals surface area (Å²) in [6.07, 6.45) is 0.889. The number of esters is 1. The van der Waals surface area contributed by atoms with Crippen LogP contribution in [-0.2, 0) is 4.79 Å². The minimum absolute atomic E-state index is 0.0475. The second-order valence-electron chi connectivity index (χ2n) is 7.17. The monoisotopic (exact) mass is 294 g/mol. The molecule has 2 heteroatoms. The fraction of sp³-hybridized carbons (Fsp3) is 0.350. The van der Waals surface area contributed by atoms with Crippen LogP contribution in [0.4, 0.5) is 0 Å². The molecule has 2 aromatic carbocycles. The van der Waals surface area contributed by atoms with E-state index in [0.717, 1.165) is 12.0 Å². The SMILES string of the molecule is Cc1ccc(-c2ccc(OC(=O)C3(C)CC3(C)C)cc2)cc1. The van der Waals surface area contributed by atoms with Gasteiger partial charge in [0, 0.05) is 0 Å². The zero-order valence-corrected chi connectivity index (χ0v) is 13.6. The molecule has 1 saturated carbocycles. The van der Waals surface area contributed by atoms with Crippen molar-refractivity contribution in [3.05, 3.63) is 54.1 Å². The molecule has 3 rings (SSSR count). The lowest BCUT2D eigenvalue weighted by molar-refractivity contribution is -0.141. The van der Waals surface area contributed by atoms with Gasteiger partial charge in [0.15, 0.2) is 0 Å². The highest BCUT2D eigenvalue weighted by atomic mass is 16.5. The highest BCUT2D eigenvalue weighted by molar-refractivity contribution is 5.83. The van der Waals surface area contributed by atoms with Crippen LogP contribution in [0.3, 0.4) is 0 Å². The number of carbonyl (C=O) groups is 1. The first kappa shape index (κ1) is 14.8. The molecule has 0 heterocycles. The standard InChI is InChI=1S/C20H22O2/c1-14-5-7-15(8-6-14)16-9-11-17(12-10-16)22-18(21)20(4)13-19(20,2)3/h5-12H,13H2,1-4H3. The molecule has 2 aromatic rings. The van der Waals surface area contributed by atoms with Crippen LogP contribution in [0.15, 0.2) is 48.5 Å². The number of benzene rings is 2.